The number of alkyl halides is 1. The number of rotatable bonds is 5. The third kappa shape index (κ3) is 4.66. The Hall–Kier alpha value is -1.27. The molecule has 0 spiro atoms. The molecule has 0 aliphatic rings. The molecule has 0 unspecified atom stereocenters. The van der Waals surface area contributed by atoms with Crippen molar-refractivity contribution in [2.24, 2.45) is 0 Å². The zero-order valence-electron chi connectivity index (χ0n) is 8.32. The Morgan fingerprint density at radius 2 is 2.07 bits per heavy atom. The molecule has 0 aliphatic carbocycles. The largest absolute Gasteiger partial charge is 0.493 e. The first-order valence-corrected chi connectivity index (χ1v) is 5.81. The summed E-state index contributed by atoms with van der Waals surface area (Å²) in [6.45, 7) is 0.451. The van der Waals surface area contributed by atoms with Gasteiger partial charge < -0.3 is 4.74 Å². The number of nitriles is 1. The van der Waals surface area contributed by atoms with Crippen LogP contribution in [0.4, 0.5) is 0 Å². The van der Waals surface area contributed by atoms with Crippen LogP contribution in [0.5, 0.6) is 5.75 Å². The summed E-state index contributed by atoms with van der Waals surface area (Å²) < 4.78 is 5.35. The van der Waals surface area contributed by atoms with Crippen molar-refractivity contribution < 1.29 is 4.74 Å². The van der Waals surface area contributed by atoms with Crippen LogP contribution < -0.4 is 4.74 Å². The van der Waals surface area contributed by atoms with Gasteiger partial charge in [0.2, 0.25) is 0 Å². The van der Waals surface area contributed by atoms with Gasteiger partial charge in [-0.25, -0.2) is 0 Å². The molecular formula is C12H12BrNO. The Morgan fingerprint density at radius 1 is 1.33 bits per heavy atom. The van der Waals surface area contributed by atoms with Crippen molar-refractivity contribution in [1.82, 2.24) is 0 Å². The molecule has 0 N–H and O–H groups in total. The molecular weight excluding hydrogens is 254 g/mol. The summed E-state index contributed by atoms with van der Waals surface area (Å²) in [5.74, 6) is 0.807. The number of allylic oxidation sites excluding steroid dienone is 1. The molecule has 0 amide bonds. The minimum Gasteiger partial charge on any atom is -0.493 e. The predicted molar refractivity (Wildman–Crippen MR) is 65.0 cm³/mol. The van der Waals surface area contributed by atoms with Gasteiger partial charge in [0.1, 0.15) is 12.4 Å². The molecule has 0 aliphatic heterocycles. The minimum atomic E-state index is 0.422. The van der Waals surface area contributed by atoms with Crippen molar-refractivity contribution in [2.45, 2.75) is 6.42 Å². The van der Waals surface area contributed by atoms with Crippen LogP contribution in [-0.4, -0.2) is 11.9 Å². The van der Waals surface area contributed by atoms with Gasteiger partial charge in [-0.3, -0.25) is 0 Å². The normalized spacial score (nSPS) is 10.1. The van der Waals surface area contributed by atoms with Crippen LogP contribution in [0.1, 0.15) is 12.0 Å². The van der Waals surface area contributed by atoms with Crippen molar-refractivity contribution in [3.05, 3.63) is 35.9 Å². The molecule has 15 heavy (non-hydrogen) atoms. The van der Waals surface area contributed by atoms with Crippen molar-refractivity contribution in [2.75, 3.05) is 11.9 Å². The van der Waals surface area contributed by atoms with E-state index in [9.17, 15) is 0 Å². The first-order chi connectivity index (χ1) is 7.36. The van der Waals surface area contributed by atoms with Crippen LogP contribution in [0, 0.1) is 11.3 Å². The lowest BCUT2D eigenvalue weighted by Gasteiger charge is -2.03. The first kappa shape index (κ1) is 11.8. The molecule has 1 aromatic carbocycles. The summed E-state index contributed by atoms with van der Waals surface area (Å²) in [6.07, 6.45) is 4.49. The molecule has 0 saturated heterocycles. The van der Waals surface area contributed by atoms with Crippen molar-refractivity contribution in [3.8, 4) is 11.8 Å². The summed E-state index contributed by atoms with van der Waals surface area (Å²) in [7, 11) is 0. The van der Waals surface area contributed by atoms with Gasteiger partial charge in [0.05, 0.1) is 12.5 Å². The van der Waals surface area contributed by atoms with Crippen LogP contribution in [0.15, 0.2) is 30.3 Å². The van der Waals surface area contributed by atoms with E-state index in [0.717, 1.165) is 16.6 Å². The SMILES string of the molecule is N#CCCOc1ccc(C=CCBr)cc1. The average Bonchev–Trinajstić information content (AvgIpc) is 2.28. The highest BCUT2D eigenvalue weighted by Crippen LogP contribution is 2.13. The maximum Gasteiger partial charge on any atom is 0.119 e. The average molecular weight is 266 g/mol. The molecule has 0 fully saturated rings. The molecule has 0 bridgehead atoms. The van der Waals surface area contributed by atoms with Gasteiger partial charge >= 0.3 is 0 Å². The van der Waals surface area contributed by atoms with E-state index in [1.165, 1.54) is 0 Å². The van der Waals surface area contributed by atoms with Gasteiger partial charge in [-0.1, -0.05) is 40.2 Å². The van der Waals surface area contributed by atoms with Crippen LogP contribution in [0.25, 0.3) is 6.08 Å². The highest BCUT2D eigenvalue weighted by molar-refractivity contribution is 9.09. The molecule has 0 atom stereocenters. The zero-order chi connectivity index (χ0) is 10.9. The lowest BCUT2D eigenvalue weighted by atomic mass is 10.2. The number of ether oxygens (including phenoxy) is 1. The maximum atomic E-state index is 8.34. The molecule has 0 saturated carbocycles. The second-order valence-electron chi connectivity index (χ2n) is 2.88. The minimum absolute atomic E-state index is 0.422. The lowest BCUT2D eigenvalue weighted by molar-refractivity contribution is 0.326. The molecule has 2 nitrogen and oxygen atoms in total. The summed E-state index contributed by atoms with van der Waals surface area (Å²) in [5.41, 5.74) is 1.14. The third-order valence-corrected chi connectivity index (χ3v) is 2.14. The Labute approximate surface area is 98.3 Å². The van der Waals surface area contributed by atoms with E-state index < -0.39 is 0 Å². The Bertz CT molecular complexity index is 351. The molecule has 1 aromatic rings. The Balaban J connectivity index is 2.49. The van der Waals surface area contributed by atoms with E-state index >= 15 is 0 Å². The number of hydrogen-bond donors (Lipinski definition) is 0. The van der Waals surface area contributed by atoms with E-state index in [1.54, 1.807) is 0 Å². The monoisotopic (exact) mass is 265 g/mol. The standard InChI is InChI=1S/C12H12BrNO/c13-8-1-3-11-4-6-12(7-5-11)15-10-2-9-14/h1,3-7H,2,8,10H2. The smallest absolute Gasteiger partial charge is 0.119 e. The Morgan fingerprint density at radius 3 is 2.67 bits per heavy atom. The number of hydrogen-bond acceptors (Lipinski definition) is 2. The maximum absolute atomic E-state index is 8.34. The second-order valence-corrected chi connectivity index (χ2v) is 3.53. The summed E-state index contributed by atoms with van der Waals surface area (Å²) >= 11 is 3.32. The molecule has 0 aromatic heterocycles. The molecule has 1 rings (SSSR count). The van der Waals surface area contributed by atoms with Gasteiger partial charge in [-0.2, -0.15) is 5.26 Å². The second kappa shape index (κ2) is 7.08. The topological polar surface area (TPSA) is 33.0 Å². The van der Waals surface area contributed by atoms with E-state index in [2.05, 4.69) is 15.9 Å². The summed E-state index contributed by atoms with van der Waals surface area (Å²) in [5, 5.41) is 9.20. The molecule has 78 valence electrons. The number of halogens is 1. The van der Waals surface area contributed by atoms with E-state index in [1.807, 2.05) is 42.5 Å². The van der Waals surface area contributed by atoms with Crippen molar-refractivity contribution in [3.63, 3.8) is 0 Å². The zero-order valence-corrected chi connectivity index (χ0v) is 9.90. The fourth-order valence-corrected chi connectivity index (χ4v) is 1.26. The van der Waals surface area contributed by atoms with E-state index in [-0.39, 0.29) is 0 Å². The highest BCUT2D eigenvalue weighted by Gasteiger charge is 1.92. The van der Waals surface area contributed by atoms with Crippen molar-refractivity contribution >= 4 is 22.0 Å². The highest BCUT2D eigenvalue weighted by atomic mass is 79.9. The van der Waals surface area contributed by atoms with Gasteiger partial charge in [-0.15, -0.1) is 0 Å². The predicted octanol–water partition coefficient (Wildman–Crippen LogP) is 3.39. The lowest BCUT2D eigenvalue weighted by Crippen LogP contribution is -1.95. The van der Waals surface area contributed by atoms with Gasteiger partial charge in [0.15, 0.2) is 0 Å². The van der Waals surface area contributed by atoms with Crippen LogP contribution in [-0.2, 0) is 0 Å². The van der Waals surface area contributed by atoms with E-state index in [4.69, 9.17) is 10.00 Å². The molecule has 3 heteroatoms. The number of benzene rings is 1. The molecule has 0 heterocycles. The fraction of sp³-hybridized carbons (Fsp3) is 0.250. The van der Waals surface area contributed by atoms with Gasteiger partial charge in [0.25, 0.3) is 0 Å². The van der Waals surface area contributed by atoms with Gasteiger partial charge in [0, 0.05) is 5.33 Å². The Kier molecular flexibility index (Phi) is 5.57. The number of nitrogens with zero attached hydrogens (tertiary/aromatic N) is 1. The van der Waals surface area contributed by atoms with Crippen molar-refractivity contribution in [1.29, 1.82) is 5.26 Å². The summed E-state index contributed by atoms with van der Waals surface area (Å²) in [4.78, 5) is 0. The van der Waals surface area contributed by atoms with Crippen LogP contribution in [0.2, 0.25) is 0 Å². The van der Waals surface area contributed by atoms with Gasteiger partial charge in [-0.05, 0) is 17.7 Å². The van der Waals surface area contributed by atoms with E-state index in [0.29, 0.717) is 13.0 Å². The van der Waals surface area contributed by atoms with Crippen LogP contribution >= 0.6 is 15.9 Å². The first-order valence-electron chi connectivity index (χ1n) is 4.69. The summed E-state index contributed by atoms with van der Waals surface area (Å²) in [6, 6.07) is 9.83. The molecule has 0 radical (unpaired) electrons. The van der Waals surface area contributed by atoms with Crippen LogP contribution in [0.3, 0.4) is 0 Å². The quantitative estimate of drug-likeness (QED) is 0.604. The third-order valence-electron chi connectivity index (χ3n) is 1.76. The fourth-order valence-electron chi connectivity index (χ4n) is 1.07.